The largest absolute Gasteiger partial charge is 0.330 e. The molecule has 0 unspecified atom stereocenters. The molecule has 0 aliphatic rings. The zero-order valence-electron chi connectivity index (χ0n) is 12.8. The Balaban J connectivity index is 2.07. The van der Waals surface area contributed by atoms with Crippen LogP contribution in [0, 0.1) is 11.6 Å². The zero-order valence-corrected chi connectivity index (χ0v) is 13.6. The number of amides is 1. The van der Waals surface area contributed by atoms with Crippen LogP contribution in [0.25, 0.3) is 0 Å². The lowest BCUT2D eigenvalue weighted by Crippen LogP contribution is -2.32. The van der Waals surface area contributed by atoms with Crippen LogP contribution in [0.2, 0.25) is 0 Å². The van der Waals surface area contributed by atoms with E-state index in [9.17, 15) is 13.6 Å². The third-order valence-electron chi connectivity index (χ3n) is 3.70. The third kappa shape index (κ3) is 3.19. The predicted octanol–water partition coefficient (Wildman–Crippen LogP) is 4.28. The second kappa shape index (κ2) is 6.88. The molecule has 0 saturated carbocycles. The third-order valence-corrected chi connectivity index (χ3v) is 4.55. The SMILES string of the molecule is CN(C(=O)c1cccs1)[C@@H](c1cccnc1)c1ccc(F)cc1F. The highest BCUT2D eigenvalue weighted by molar-refractivity contribution is 7.12. The molecule has 3 aromatic rings. The number of halogens is 2. The number of hydrogen-bond donors (Lipinski definition) is 0. The molecule has 24 heavy (non-hydrogen) atoms. The van der Waals surface area contributed by atoms with Crippen LogP contribution in [0.4, 0.5) is 8.78 Å². The van der Waals surface area contributed by atoms with Crippen LogP contribution in [-0.2, 0) is 0 Å². The molecule has 1 amide bonds. The minimum Gasteiger partial charge on any atom is -0.330 e. The van der Waals surface area contributed by atoms with E-state index in [1.807, 2.05) is 0 Å². The van der Waals surface area contributed by atoms with E-state index in [1.54, 1.807) is 49.1 Å². The van der Waals surface area contributed by atoms with E-state index in [2.05, 4.69) is 4.98 Å². The van der Waals surface area contributed by atoms with Gasteiger partial charge < -0.3 is 4.90 Å². The lowest BCUT2D eigenvalue weighted by Gasteiger charge is -2.29. The van der Waals surface area contributed by atoms with Crippen molar-refractivity contribution in [1.82, 2.24) is 9.88 Å². The van der Waals surface area contributed by atoms with E-state index in [0.717, 1.165) is 6.07 Å². The summed E-state index contributed by atoms with van der Waals surface area (Å²) in [5, 5.41) is 1.80. The molecule has 0 N–H and O–H groups in total. The fraction of sp³-hybridized carbons (Fsp3) is 0.111. The minimum atomic E-state index is -0.700. The van der Waals surface area contributed by atoms with Gasteiger partial charge in [-0.25, -0.2) is 8.78 Å². The summed E-state index contributed by atoms with van der Waals surface area (Å²) in [5.74, 6) is -1.59. The van der Waals surface area contributed by atoms with Gasteiger partial charge in [-0.2, -0.15) is 0 Å². The Morgan fingerprint density at radius 2 is 2.04 bits per heavy atom. The van der Waals surface area contributed by atoms with Crippen molar-refractivity contribution in [2.45, 2.75) is 6.04 Å². The Morgan fingerprint density at radius 3 is 2.67 bits per heavy atom. The maximum atomic E-state index is 14.4. The molecule has 0 aliphatic heterocycles. The van der Waals surface area contributed by atoms with Crippen molar-refractivity contribution in [1.29, 1.82) is 0 Å². The number of benzene rings is 1. The molecule has 0 fully saturated rings. The highest BCUT2D eigenvalue weighted by Crippen LogP contribution is 2.31. The first-order valence-electron chi connectivity index (χ1n) is 7.23. The van der Waals surface area contributed by atoms with E-state index in [4.69, 9.17) is 0 Å². The van der Waals surface area contributed by atoms with Crippen LogP contribution in [0.15, 0.2) is 60.2 Å². The second-order valence-corrected chi connectivity index (χ2v) is 6.20. The van der Waals surface area contributed by atoms with Crippen molar-refractivity contribution < 1.29 is 13.6 Å². The van der Waals surface area contributed by atoms with E-state index >= 15 is 0 Å². The maximum Gasteiger partial charge on any atom is 0.264 e. The van der Waals surface area contributed by atoms with E-state index in [0.29, 0.717) is 10.4 Å². The monoisotopic (exact) mass is 344 g/mol. The van der Waals surface area contributed by atoms with Gasteiger partial charge in [-0.1, -0.05) is 18.2 Å². The molecular weight excluding hydrogens is 330 g/mol. The molecule has 1 aromatic carbocycles. The fourth-order valence-electron chi connectivity index (χ4n) is 2.56. The zero-order chi connectivity index (χ0) is 17.1. The molecule has 3 rings (SSSR count). The molecule has 1 atom stereocenters. The molecule has 2 aromatic heterocycles. The summed E-state index contributed by atoms with van der Waals surface area (Å²) in [6.45, 7) is 0. The van der Waals surface area contributed by atoms with Gasteiger partial charge in [0.2, 0.25) is 0 Å². The molecule has 2 heterocycles. The van der Waals surface area contributed by atoms with Crippen LogP contribution >= 0.6 is 11.3 Å². The average Bonchev–Trinajstić information content (AvgIpc) is 3.12. The Kier molecular flexibility index (Phi) is 4.66. The first kappa shape index (κ1) is 16.3. The van der Waals surface area contributed by atoms with E-state index in [-0.39, 0.29) is 11.5 Å². The van der Waals surface area contributed by atoms with Crippen LogP contribution in [0.3, 0.4) is 0 Å². The molecule has 0 aliphatic carbocycles. The van der Waals surface area contributed by atoms with E-state index < -0.39 is 17.7 Å². The van der Waals surface area contributed by atoms with Crippen LogP contribution in [-0.4, -0.2) is 22.8 Å². The second-order valence-electron chi connectivity index (χ2n) is 5.25. The van der Waals surface area contributed by atoms with Gasteiger partial charge in [0.25, 0.3) is 5.91 Å². The number of aromatic nitrogens is 1. The van der Waals surface area contributed by atoms with Crippen molar-refractivity contribution in [3.8, 4) is 0 Å². The Hall–Kier alpha value is -2.60. The normalized spacial score (nSPS) is 12.0. The van der Waals surface area contributed by atoms with Crippen molar-refractivity contribution in [3.63, 3.8) is 0 Å². The molecule has 122 valence electrons. The molecule has 0 bridgehead atoms. The number of thiophene rings is 1. The number of pyridine rings is 1. The molecule has 0 spiro atoms. The van der Waals surface area contributed by atoms with Crippen molar-refractivity contribution in [2.24, 2.45) is 0 Å². The summed E-state index contributed by atoms with van der Waals surface area (Å²) in [4.78, 5) is 18.7. The Labute approximate surface area is 142 Å². The standard InChI is InChI=1S/C18H14F2N2OS/c1-22(18(23)16-5-3-9-24-16)17(12-4-2-8-21-11-12)14-7-6-13(19)10-15(14)20/h2-11,17H,1H3/t17-/m0/s1. The van der Waals surface area contributed by atoms with Gasteiger partial charge in [0.05, 0.1) is 10.9 Å². The lowest BCUT2D eigenvalue weighted by atomic mass is 9.98. The van der Waals surface area contributed by atoms with E-state index in [1.165, 1.54) is 28.4 Å². The summed E-state index contributed by atoms with van der Waals surface area (Å²) >= 11 is 1.31. The van der Waals surface area contributed by atoms with Gasteiger partial charge in [-0.05, 0) is 29.1 Å². The minimum absolute atomic E-state index is 0.219. The summed E-state index contributed by atoms with van der Waals surface area (Å²) in [5.41, 5.74) is 0.868. The van der Waals surface area contributed by atoms with Gasteiger partial charge in [0.1, 0.15) is 11.6 Å². The number of hydrogen-bond acceptors (Lipinski definition) is 3. The van der Waals surface area contributed by atoms with Crippen LogP contribution in [0.5, 0.6) is 0 Å². The maximum absolute atomic E-state index is 14.4. The average molecular weight is 344 g/mol. The number of carbonyl (C=O) groups excluding carboxylic acids is 1. The van der Waals surface area contributed by atoms with Crippen LogP contribution in [0.1, 0.15) is 26.8 Å². The quantitative estimate of drug-likeness (QED) is 0.708. The number of carbonyl (C=O) groups is 1. The topological polar surface area (TPSA) is 33.2 Å². The molecular formula is C18H14F2N2OS. The Bertz CT molecular complexity index is 837. The van der Waals surface area contributed by atoms with Crippen LogP contribution < -0.4 is 0 Å². The summed E-state index contributed by atoms with van der Waals surface area (Å²) in [6.07, 6.45) is 3.17. The van der Waals surface area contributed by atoms with Gasteiger partial charge in [-0.3, -0.25) is 9.78 Å². The number of rotatable bonds is 4. The summed E-state index contributed by atoms with van der Waals surface area (Å²) < 4.78 is 27.6. The molecule has 0 radical (unpaired) electrons. The highest BCUT2D eigenvalue weighted by atomic mass is 32.1. The van der Waals surface area contributed by atoms with Gasteiger partial charge in [0.15, 0.2) is 0 Å². The fourth-order valence-corrected chi connectivity index (χ4v) is 3.27. The highest BCUT2D eigenvalue weighted by Gasteiger charge is 2.27. The van der Waals surface area contributed by atoms with Gasteiger partial charge in [-0.15, -0.1) is 11.3 Å². The predicted molar refractivity (Wildman–Crippen MR) is 88.9 cm³/mol. The first-order chi connectivity index (χ1) is 11.6. The van der Waals surface area contributed by atoms with Crippen molar-refractivity contribution in [3.05, 3.63) is 87.9 Å². The van der Waals surface area contributed by atoms with Gasteiger partial charge in [0, 0.05) is 31.1 Å². The smallest absolute Gasteiger partial charge is 0.264 e. The lowest BCUT2D eigenvalue weighted by molar-refractivity contribution is 0.0758. The molecule has 0 saturated heterocycles. The summed E-state index contributed by atoms with van der Waals surface area (Å²) in [7, 11) is 1.60. The first-order valence-corrected chi connectivity index (χ1v) is 8.11. The molecule has 6 heteroatoms. The van der Waals surface area contributed by atoms with Crippen molar-refractivity contribution in [2.75, 3.05) is 7.05 Å². The van der Waals surface area contributed by atoms with Gasteiger partial charge >= 0.3 is 0 Å². The summed E-state index contributed by atoms with van der Waals surface area (Å²) in [6, 6.07) is 9.64. The Morgan fingerprint density at radius 1 is 1.21 bits per heavy atom. The molecule has 3 nitrogen and oxygen atoms in total. The van der Waals surface area contributed by atoms with Crippen molar-refractivity contribution >= 4 is 17.2 Å². The number of nitrogens with zero attached hydrogens (tertiary/aromatic N) is 2.